The predicted octanol–water partition coefficient (Wildman–Crippen LogP) is 2.64. The van der Waals surface area contributed by atoms with E-state index >= 15 is 0 Å². The highest BCUT2D eigenvalue weighted by Crippen LogP contribution is 2.33. The molecule has 0 saturated carbocycles. The lowest BCUT2D eigenvalue weighted by molar-refractivity contribution is -0.140. The zero-order valence-electron chi connectivity index (χ0n) is 13.0. The number of nitrogens with zero attached hydrogens (tertiary/aromatic N) is 2. The summed E-state index contributed by atoms with van der Waals surface area (Å²) in [5.74, 6) is -0.312. The van der Waals surface area contributed by atoms with Gasteiger partial charge in [0.25, 0.3) is 5.91 Å². The fraction of sp³-hybridized carbons (Fsp3) is 0.125. The molecule has 0 spiro atoms. The molecule has 0 atom stereocenters. The van der Waals surface area contributed by atoms with Crippen molar-refractivity contribution in [1.82, 2.24) is 10.1 Å². The van der Waals surface area contributed by atoms with Crippen LogP contribution in [0.1, 0.15) is 5.69 Å². The zero-order valence-corrected chi connectivity index (χ0v) is 14.6. The van der Waals surface area contributed by atoms with Crippen molar-refractivity contribution in [3.05, 3.63) is 40.9 Å². The Morgan fingerprint density at radius 1 is 1.44 bits per heavy atom. The molecule has 9 heteroatoms. The monoisotopic (exact) mass is 376 g/mol. The quantitative estimate of drug-likeness (QED) is 0.629. The summed E-state index contributed by atoms with van der Waals surface area (Å²) in [6, 6.07) is 8.94. The third kappa shape index (κ3) is 3.72. The second kappa shape index (κ2) is 7.08. The van der Waals surface area contributed by atoms with Gasteiger partial charge in [0.05, 0.1) is 12.0 Å². The minimum Gasteiger partial charge on any atom is -0.497 e. The molecule has 128 valence electrons. The topological polar surface area (TPSA) is 92.9 Å². The smallest absolute Gasteiger partial charge is 0.323 e. The minimum atomic E-state index is -1.12. The number of ether oxygens (including phenoxy) is 1. The Morgan fingerprint density at radius 3 is 2.80 bits per heavy atom. The minimum absolute atomic E-state index is 0.206. The summed E-state index contributed by atoms with van der Waals surface area (Å²) in [6.07, 6.45) is 1.53. The Hall–Kier alpha value is -2.65. The van der Waals surface area contributed by atoms with Crippen LogP contribution >= 0.6 is 24.0 Å². The lowest BCUT2D eigenvalue weighted by Gasteiger charge is -2.09. The molecule has 1 fully saturated rings. The second-order valence-electron chi connectivity index (χ2n) is 5.01. The van der Waals surface area contributed by atoms with Crippen LogP contribution in [-0.2, 0) is 9.59 Å². The molecule has 1 aliphatic heterocycles. The van der Waals surface area contributed by atoms with E-state index in [0.29, 0.717) is 16.4 Å². The molecule has 2 aromatic rings. The van der Waals surface area contributed by atoms with E-state index in [9.17, 15) is 9.59 Å². The molecular formula is C16H12N2O5S2. The van der Waals surface area contributed by atoms with Gasteiger partial charge in [-0.2, -0.15) is 0 Å². The van der Waals surface area contributed by atoms with Crippen molar-refractivity contribution in [2.24, 2.45) is 0 Å². The Kier molecular flexibility index (Phi) is 4.86. The summed E-state index contributed by atoms with van der Waals surface area (Å²) in [4.78, 5) is 24.4. The van der Waals surface area contributed by atoms with Crippen molar-refractivity contribution < 1.29 is 24.0 Å². The second-order valence-corrected chi connectivity index (χ2v) is 6.68. The number of carbonyl (C=O) groups excluding carboxylic acids is 1. The van der Waals surface area contributed by atoms with Crippen LogP contribution in [0.2, 0.25) is 0 Å². The standard InChI is InChI=1S/C16H12N2O5S2/c1-22-11-4-2-9(3-5-11)12-6-10(17-23-12)7-13-15(21)18(8-14(19)20)16(24)25-13/h2-7H,8H2,1H3,(H,19,20). The highest BCUT2D eigenvalue weighted by Gasteiger charge is 2.33. The average molecular weight is 376 g/mol. The maximum absolute atomic E-state index is 12.2. The molecule has 0 unspecified atom stereocenters. The van der Waals surface area contributed by atoms with Gasteiger partial charge in [-0.3, -0.25) is 14.5 Å². The van der Waals surface area contributed by atoms with E-state index in [1.807, 2.05) is 12.1 Å². The summed E-state index contributed by atoms with van der Waals surface area (Å²) < 4.78 is 10.6. The first kappa shape index (κ1) is 17.2. The van der Waals surface area contributed by atoms with Gasteiger partial charge >= 0.3 is 5.97 Å². The molecule has 1 N–H and O–H groups in total. The maximum Gasteiger partial charge on any atom is 0.323 e. The molecule has 25 heavy (non-hydrogen) atoms. The molecule has 1 saturated heterocycles. The van der Waals surface area contributed by atoms with Gasteiger partial charge in [0, 0.05) is 11.6 Å². The van der Waals surface area contributed by atoms with Crippen LogP contribution in [0.5, 0.6) is 5.75 Å². The van der Waals surface area contributed by atoms with Gasteiger partial charge in [-0.1, -0.05) is 29.1 Å². The average Bonchev–Trinajstić information content (AvgIpc) is 3.15. The van der Waals surface area contributed by atoms with Crippen LogP contribution < -0.4 is 4.74 Å². The van der Waals surface area contributed by atoms with Gasteiger partial charge < -0.3 is 14.4 Å². The highest BCUT2D eigenvalue weighted by molar-refractivity contribution is 8.26. The summed E-state index contributed by atoms with van der Waals surface area (Å²) >= 11 is 6.08. The van der Waals surface area contributed by atoms with Gasteiger partial charge in [-0.25, -0.2) is 0 Å². The van der Waals surface area contributed by atoms with Crippen LogP contribution in [0.15, 0.2) is 39.8 Å². The number of rotatable bonds is 5. The molecule has 2 heterocycles. The number of aromatic nitrogens is 1. The van der Waals surface area contributed by atoms with Gasteiger partial charge in [-0.05, 0) is 30.3 Å². The lowest BCUT2D eigenvalue weighted by Crippen LogP contribution is -2.33. The Bertz CT molecular complexity index is 873. The molecule has 7 nitrogen and oxygen atoms in total. The lowest BCUT2D eigenvalue weighted by atomic mass is 10.1. The van der Waals surface area contributed by atoms with E-state index in [0.717, 1.165) is 28.0 Å². The number of carbonyl (C=O) groups is 2. The van der Waals surface area contributed by atoms with Crippen LogP contribution in [0.3, 0.4) is 0 Å². The molecule has 1 aromatic carbocycles. The van der Waals surface area contributed by atoms with E-state index in [-0.39, 0.29) is 4.32 Å². The third-order valence-electron chi connectivity index (χ3n) is 3.35. The molecule has 1 aromatic heterocycles. The highest BCUT2D eigenvalue weighted by atomic mass is 32.2. The molecule has 1 aliphatic rings. The van der Waals surface area contributed by atoms with Gasteiger partial charge in [0.2, 0.25) is 0 Å². The van der Waals surface area contributed by atoms with Crippen LogP contribution in [0, 0.1) is 0 Å². The summed E-state index contributed by atoms with van der Waals surface area (Å²) in [7, 11) is 1.59. The first-order valence-electron chi connectivity index (χ1n) is 7.06. The van der Waals surface area contributed by atoms with Crippen molar-refractivity contribution in [2.75, 3.05) is 13.7 Å². The van der Waals surface area contributed by atoms with Crippen LogP contribution in [-0.4, -0.2) is 45.0 Å². The van der Waals surface area contributed by atoms with Crippen LogP contribution in [0.4, 0.5) is 0 Å². The van der Waals surface area contributed by atoms with E-state index in [1.54, 1.807) is 25.3 Å². The van der Waals surface area contributed by atoms with E-state index in [2.05, 4.69) is 5.16 Å². The number of benzene rings is 1. The van der Waals surface area contributed by atoms with Gasteiger partial charge in [-0.15, -0.1) is 0 Å². The Morgan fingerprint density at radius 2 is 2.16 bits per heavy atom. The van der Waals surface area contributed by atoms with Crippen molar-refractivity contribution in [3.63, 3.8) is 0 Å². The number of thioether (sulfide) groups is 1. The normalized spacial score (nSPS) is 15.9. The van der Waals surface area contributed by atoms with E-state index < -0.39 is 18.4 Å². The number of hydrogen-bond acceptors (Lipinski definition) is 7. The van der Waals surface area contributed by atoms with Crippen molar-refractivity contribution in [3.8, 4) is 17.1 Å². The summed E-state index contributed by atoms with van der Waals surface area (Å²) in [5.41, 5.74) is 1.26. The molecule has 3 rings (SSSR count). The number of methoxy groups -OCH3 is 1. The Balaban J connectivity index is 1.80. The first-order chi connectivity index (χ1) is 12.0. The zero-order chi connectivity index (χ0) is 18.0. The van der Waals surface area contributed by atoms with Gasteiger partial charge in [0.15, 0.2) is 5.76 Å². The fourth-order valence-electron chi connectivity index (χ4n) is 2.15. The number of carboxylic acid groups (broad SMARTS) is 1. The SMILES string of the molecule is COc1ccc(-c2cc(C=C3SC(=S)N(CC(=O)O)C3=O)no2)cc1. The summed E-state index contributed by atoms with van der Waals surface area (Å²) in [5, 5.41) is 12.8. The number of carboxylic acids is 1. The maximum atomic E-state index is 12.2. The van der Waals surface area contributed by atoms with Gasteiger partial charge in [0.1, 0.15) is 22.3 Å². The largest absolute Gasteiger partial charge is 0.497 e. The molecule has 0 bridgehead atoms. The Labute approximate surface area is 152 Å². The number of hydrogen-bond donors (Lipinski definition) is 1. The number of aliphatic carboxylic acids is 1. The number of amides is 1. The van der Waals surface area contributed by atoms with Crippen molar-refractivity contribution >= 4 is 46.3 Å². The first-order valence-corrected chi connectivity index (χ1v) is 8.28. The van der Waals surface area contributed by atoms with Crippen molar-refractivity contribution in [2.45, 2.75) is 0 Å². The van der Waals surface area contributed by atoms with E-state index in [4.69, 9.17) is 26.6 Å². The summed E-state index contributed by atoms with van der Waals surface area (Å²) in [6.45, 7) is -0.460. The molecular weight excluding hydrogens is 364 g/mol. The predicted molar refractivity (Wildman–Crippen MR) is 96.0 cm³/mol. The third-order valence-corrected chi connectivity index (χ3v) is 4.73. The molecule has 0 radical (unpaired) electrons. The molecule has 1 amide bonds. The van der Waals surface area contributed by atoms with Crippen LogP contribution in [0.25, 0.3) is 17.4 Å². The molecule has 0 aliphatic carbocycles. The van der Waals surface area contributed by atoms with Crippen molar-refractivity contribution in [1.29, 1.82) is 0 Å². The van der Waals surface area contributed by atoms with E-state index in [1.165, 1.54) is 6.08 Å². The number of thiocarbonyl (C=S) groups is 1. The fourth-order valence-corrected chi connectivity index (χ4v) is 3.39.